The van der Waals surface area contributed by atoms with Gasteiger partial charge in [-0.3, -0.25) is 4.79 Å². The Morgan fingerprint density at radius 2 is 1.83 bits per heavy atom. The van der Waals surface area contributed by atoms with Crippen LogP contribution in [0, 0.1) is 5.82 Å². The highest BCUT2D eigenvalue weighted by Crippen LogP contribution is 2.28. The molecule has 0 bridgehead atoms. The molecule has 0 unspecified atom stereocenters. The van der Waals surface area contributed by atoms with E-state index >= 15 is 0 Å². The summed E-state index contributed by atoms with van der Waals surface area (Å²) in [6.07, 6.45) is 0.620. The lowest BCUT2D eigenvalue weighted by Gasteiger charge is -2.21. The van der Waals surface area contributed by atoms with Gasteiger partial charge < -0.3 is 20.1 Å². The molecule has 0 saturated heterocycles. The van der Waals surface area contributed by atoms with Crippen molar-refractivity contribution in [3.05, 3.63) is 59.4 Å². The van der Waals surface area contributed by atoms with Crippen molar-refractivity contribution in [1.82, 2.24) is 10.6 Å². The van der Waals surface area contributed by atoms with Crippen LogP contribution in [0.2, 0.25) is 0 Å². The fourth-order valence-corrected chi connectivity index (χ4v) is 2.80. The smallest absolute Gasteiger partial charge is 0.258 e. The monoisotopic (exact) mass is 402 g/mol. The normalized spacial score (nSPS) is 11.2. The van der Waals surface area contributed by atoms with Crippen molar-refractivity contribution >= 4 is 5.91 Å². The molecule has 158 valence electrons. The zero-order valence-corrected chi connectivity index (χ0v) is 17.7. The number of amides is 1. The number of halogens is 1. The van der Waals surface area contributed by atoms with Crippen LogP contribution in [0.3, 0.4) is 0 Å². The molecule has 0 fully saturated rings. The van der Waals surface area contributed by atoms with Crippen LogP contribution in [0.1, 0.15) is 38.8 Å². The first kappa shape index (κ1) is 22.7. The fraction of sp³-hybridized carbons (Fsp3) is 0.435. The molecular formula is C23H31FN2O3. The Morgan fingerprint density at radius 1 is 1.07 bits per heavy atom. The number of hydrogen-bond donors (Lipinski definition) is 2. The number of ether oxygens (including phenoxy) is 2. The molecule has 0 radical (unpaired) electrons. The van der Waals surface area contributed by atoms with Crippen LogP contribution in [0.15, 0.2) is 42.5 Å². The van der Waals surface area contributed by atoms with E-state index in [-0.39, 0.29) is 23.9 Å². The molecule has 2 aromatic rings. The molecule has 2 N–H and O–H groups in total. The summed E-state index contributed by atoms with van der Waals surface area (Å²) in [6, 6.07) is 12.4. The van der Waals surface area contributed by atoms with Gasteiger partial charge in [0, 0.05) is 12.1 Å². The Morgan fingerprint density at radius 3 is 2.52 bits per heavy atom. The summed E-state index contributed by atoms with van der Waals surface area (Å²) < 4.78 is 25.0. The molecule has 2 aromatic carbocycles. The maximum absolute atomic E-state index is 13.7. The van der Waals surface area contributed by atoms with Crippen LogP contribution in [-0.4, -0.2) is 31.2 Å². The molecule has 0 saturated carbocycles. The van der Waals surface area contributed by atoms with Crippen LogP contribution in [-0.2, 0) is 17.8 Å². The molecule has 1 amide bonds. The summed E-state index contributed by atoms with van der Waals surface area (Å²) in [7, 11) is 0. The van der Waals surface area contributed by atoms with E-state index in [2.05, 4.69) is 10.6 Å². The fourth-order valence-electron chi connectivity index (χ4n) is 2.80. The van der Waals surface area contributed by atoms with E-state index < -0.39 is 0 Å². The molecule has 0 aliphatic rings. The highest BCUT2D eigenvalue weighted by molar-refractivity contribution is 5.78. The summed E-state index contributed by atoms with van der Waals surface area (Å²) in [5.74, 6) is 0.777. The number of carbonyl (C=O) groups excluding carboxylic acids is 1. The van der Waals surface area contributed by atoms with E-state index in [4.69, 9.17) is 9.47 Å². The highest BCUT2D eigenvalue weighted by atomic mass is 19.1. The number of carbonyl (C=O) groups is 1. The lowest BCUT2D eigenvalue weighted by Crippen LogP contribution is -2.43. The predicted molar refractivity (Wildman–Crippen MR) is 113 cm³/mol. The maximum atomic E-state index is 13.7. The van der Waals surface area contributed by atoms with Crippen LogP contribution in [0.25, 0.3) is 0 Å². The van der Waals surface area contributed by atoms with E-state index in [1.807, 2.05) is 52.0 Å². The Kier molecular flexibility index (Phi) is 8.46. The Hall–Kier alpha value is -2.60. The van der Waals surface area contributed by atoms with Gasteiger partial charge in [-0.2, -0.15) is 0 Å². The van der Waals surface area contributed by atoms with Crippen LogP contribution in [0.4, 0.5) is 4.39 Å². The van der Waals surface area contributed by atoms with Gasteiger partial charge in [0.1, 0.15) is 5.82 Å². The molecule has 29 heavy (non-hydrogen) atoms. The van der Waals surface area contributed by atoms with Crippen molar-refractivity contribution in [2.75, 3.05) is 19.8 Å². The lowest BCUT2D eigenvalue weighted by molar-refractivity contribution is -0.124. The summed E-state index contributed by atoms with van der Waals surface area (Å²) in [5.41, 5.74) is 1.42. The van der Waals surface area contributed by atoms with Gasteiger partial charge in [0.25, 0.3) is 5.91 Å². The molecule has 0 heterocycles. The summed E-state index contributed by atoms with van der Waals surface area (Å²) in [6.45, 7) is 9.37. The summed E-state index contributed by atoms with van der Waals surface area (Å²) in [4.78, 5) is 12.0. The zero-order valence-electron chi connectivity index (χ0n) is 17.7. The van der Waals surface area contributed by atoms with Crippen molar-refractivity contribution in [3.8, 4) is 11.5 Å². The van der Waals surface area contributed by atoms with Gasteiger partial charge in [0.2, 0.25) is 0 Å². The van der Waals surface area contributed by atoms with Crippen molar-refractivity contribution in [2.45, 2.75) is 46.2 Å². The highest BCUT2D eigenvalue weighted by Gasteiger charge is 2.15. The average molecular weight is 403 g/mol. The largest absolute Gasteiger partial charge is 0.490 e. The minimum absolute atomic E-state index is 0.0718. The third-order valence-corrected chi connectivity index (χ3v) is 4.04. The first-order valence-corrected chi connectivity index (χ1v) is 9.92. The first-order chi connectivity index (χ1) is 13.8. The summed E-state index contributed by atoms with van der Waals surface area (Å²) in [5, 5.41) is 6.18. The number of rotatable bonds is 10. The Bertz CT molecular complexity index is 803. The van der Waals surface area contributed by atoms with Gasteiger partial charge in [-0.05, 0) is 70.0 Å². The molecule has 2 rings (SSSR count). The van der Waals surface area contributed by atoms with Gasteiger partial charge in [-0.15, -0.1) is 0 Å². The van der Waals surface area contributed by atoms with Crippen molar-refractivity contribution < 1.29 is 18.7 Å². The second kappa shape index (κ2) is 10.8. The molecule has 5 nitrogen and oxygen atoms in total. The third-order valence-electron chi connectivity index (χ3n) is 4.04. The first-order valence-electron chi connectivity index (χ1n) is 9.92. The maximum Gasteiger partial charge on any atom is 0.258 e. The Balaban J connectivity index is 1.89. The lowest BCUT2D eigenvalue weighted by atomic mass is 10.1. The zero-order chi connectivity index (χ0) is 21.3. The number of hydrogen-bond acceptors (Lipinski definition) is 4. The van der Waals surface area contributed by atoms with E-state index in [1.54, 1.807) is 12.1 Å². The van der Waals surface area contributed by atoms with E-state index in [1.165, 1.54) is 6.07 Å². The minimum atomic E-state index is -0.304. The second-order valence-electron chi connectivity index (χ2n) is 7.82. The molecule has 0 spiro atoms. The molecule has 0 aromatic heterocycles. The average Bonchev–Trinajstić information content (AvgIpc) is 2.65. The molecule has 0 aliphatic heterocycles. The molecule has 6 heteroatoms. The van der Waals surface area contributed by atoms with E-state index in [9.17, 15) is 9.18 Å². The SMILES string of the molecule is CCOc1cc(CNCCc2ccccc2F)ccc1OCC(=O)NC(C)(C)C. The van der Waals surface area contributed by atoms with Gasteiger partial charge in [0.15, 0.2) is 18.1 Å². The predicted octanol–water partition coefficient (Wildman–Crippen LogP) is 3.85. The third kappa shape index (κ3) is 8.11. The Labute approximate surface area is 172 Å². The molecule has 0 aliphatic carbocycles. The number of benzene rings is 2. The number of nitrogens with one attached hydrogen (secondary N) is 2. The molecule has 0 atom stereocenters. The minimum Gasteiger partial charge on any atom is -0.490 e. The van der Waals surface area contributed by atoms with Gasteiger partial charge in [-0.25, -0.2) is 4.39 Å². The summed E-state index contributed by atoms with van der Waals surface area (Å²) >= 11 is 0. The van der Waals surface area contributed by atoms with Crippen LogP contribution < -0.4 is 20.1 Å². The van der Waals surface area contributed by atoms with Gasteiger partial charge in [-0.1, -0.05) is 24.3 Å². The van der Waals surface area contributed by atoms with Crippen LogP contribution >= 0.6 is 0 Å². The van der Waals surface area contributed by atoms with Gasteiger partial charge in [0.05, 0.1) is 6.61 Å². The second-order valence-corrected chi connectivity index (χ2v) is 7.82. The van der Waals surface area contributed by atoms with Crippen molar-refractivity contribution in [1.29, 1.82) is 0 Å². The quantitative estimate of drug-likeness (QED) is 0.593. The van der Waals surface area contributed by atoms with Crippen LogP contribution in [0.5, 0.6) is 11.5 Å². The standard InChI is InChI=1S/C23H31FN2O3/c1-5-28-21-14-17(15-25-13-12-18-8-6-7-9-19(18)24)10-11-20(21)29-16-22(27)26-23(2,3)4/h6-11,14,25H,5,12-13,15-16H2,1-4H3,(H,26,27). The van der Waals surface area contributed by atoms with Gasteiger partial charge >= 0.3 is 0 Å². The van der Waals surface area contributed by atoms with E-state index in [0.29, 0.717) is 43.2 Å². The topological polar surface area (TPSA) is 59.6 Å². The van der Waals surface area contributed by atoms with Crippen molar-refractivity contribution in [2.24, 2.45) is 0 Å². The molecular weight excluding hydrogens is 371 g/mol. The van der Waals surface area contributed by atoms with E-state index in [0.717, 1.165) is 5.56 Å². The van der Waals surface area contributed by atoms with Crippen molar-refractivity contribution in [3.63, 3.8) is 0 Å².